The van der Waals surface area contributed by atoms with Crippen molar-refractivity contribution in [2.75, 3.05) is 10.2 Å². The fourth-order valence-electron chi connectivity index (χ4n) is 3.44. The number of hydrogen-bond acceptors (Lipinski definition) is 2. The highest BCUT2D eigenvalue weighted by Crippen LogP contribution is 2.38. The molecule has 1 atom stereocenters. The summed E-state index contributed by atoms with van der Waals surface area (Å²) in [5.41, 5.74) is 2.10. The zero-order chi connectivity index (χ0) is 16.7. The number of nitrogens with zero attached hydrogens (tertiary/aromatic N) is 1. The van der Waals surface area contributed by atoms with E-state index in [2.05, 4.69) is 31.3 Å². The van der Waals surface area contributed by atoms with Gasteiger partial charge in [0.2, 0.25) is 0 Å². The summed E-state index contributed by atoms with van der Waals surface area (Å²) in [6, 6.07) is 22.1. The van der Waals surface area contributed by atoms with E-state index in [1.165, 1.54) is 0 Å². The Hall–Kier alpha value is -2.81. The summed E-state index contributed by atoms with van der Waals surface area (Å²) >= 11 is 0. The van der Waals surface area contributed by atoms with Crippen LogP contribution in [0.15, 0.2) is 66.7 Å². The first-order chi connectivity index (χ1) is 11.6. The van der Waals surface area contributed by atoms with Gasteiger partial charge in [-0.3, -0.25) is 9.69 Å². The highest BCUT2D eigenvalue weighted by atomic mass is 16.2. The van der Waals surface area contributed by atoms with Gasteiger partial charge in [-0.2, -0.15) is 0 Å². The highest BCUT2D eigenvalue weighted by molar-refractivity contribution is 6.15. The van der Waals surface area contributed by atoms with Crippen LogP contribution in [0.3, 0.4) is 0 Å². The number of carbonyl (C=O) groups excluding carboxylic acids is 1. The monoisotopic (exact) mass is 316 g/mol. The Morgan fingerprint density at radius 3 is 2.25 bits per heavy atom. The standard InChI is InChI=1S/C21H20N2O/c1-3-21(2)22-19-14-16-10-8-7-9-15(16)13-18(19)20(24)23(21)17-11-5-4-6-12-17/h4-14,22H,3H2,1-2H3. The first kappa shape index (κ1) is 14.8. The van der Waals surface area contributed by atoms with E-state index in [1.54, 1.807) is 0 Å². The quantitative estimate of drug-likeness (QED) is 0.718. The largest absolute Gasteiger partial charge is 0.362 e. The van der Waals surface area contributed by atoms with E-state index in [4.69, 9.17) is 0 Å². The molecule has 0 spiro atoms. The topological polar surface area (TPSA) is 32.3 Å². The van der Waals surface area contributed by atoms with Gasteiger partial charge in [0.1, 0.15) is 5.66 Å². The average molecular weight is 316 g/mol. The highest BCUT2D eigenvalue weighted by Gasteiger charge is 2.40. The van der Waals surface area contributed by atoms with Gasteiger partial charge in [-0.15, -0.1) is 0 Å². The number of rotatable bonds is 2. The van der Waals surface area contributed by atoms with Gasteiger partial charge in [-0.05, 0) is 48.4 Å². The number of para-hydroxylation sites is 1. The Morgan fingerprint density at radius 1 is 0.958 bits per heavy atom. The Bertz CT molecular complexity index is 920. The second-order valence-corrected chi connectivity index (χ2v) is 6.47. The van der Waals surface area contributed by atoms with Crippen LogP contribution in [0, 0.1) is 0 Å². The minimum Gasteiger partial charge on any atom is -0.362 e. The van der Waals surface area contributed by atoms with Crippen LogP contribution in [0.25, 0.3) is 10.8 Å². The van der Waals surface area contributed by atoms with Crippen molar-refractivity contribution in [2.45, 2.75) is 25.9 Å². The van der Waals surface area contributed by atoms with Crippen LogP contribution in [0.5, 0.6) is 0 Å². The normalized spacial score (nSPS) is 19.9. The molecule has 1 heterocycles. The first-order valence-corrected chi connectivity index (χ1v) is 8.33. The molecule has 0 aromatic heterocycles. The number of carbonyl (C=O) groups is 1. The molecule has 0 saturated heterocycles. The molecule has 3 aromatic rings. The molecule has 3 aromatic carbocycles. The molecule has 3 nitrogen and oxygen atoms in total. The Labute approximate surface area is 141 Å². The van der Waals surface area contributed by atoms with Crippen LogP contribution >= 0.6 is 0 Å². The van der Waals surface area contributed by atoms with Crippen molar-refractivity contribution in [3.63, 3.8) is 0 Å². The third-order valence-corrected chi connectivity index (χ3v) is 4.92. The fourth-order valence-corrected chi connectivity index (χ4v) is 3.44. The van der Waals surface area contributed by atoms with E-state index < -0.39 is 5.66 Å². The molecule has 0 aliphatic carbocycles. The van der Waals surface area contributed by atoms with E-state index >= 15 is 0 Å². The first-order valence-electron chi connectivity index (χ1n) is 8.33. The molecular formula is C21H20N2O. The Kier molecular flexibility index (Phi) is 3.31. The van der Waals surface area contributed by atoms with E-state index in [9.17, 15) is 4.79 Å². The van der Waals surface area contributed by atoms with Gasteiger partial charge < -0.3 is 5.32 Å². The predicted molar refractivity (Wildman–Crippen MR) is 99.5 cm³/mol. The molecule has 1 aliphatic heterocycles. The van der Waals surface area contributed by atoms with E-state index in [1.807, 2.05) is 59.5 Å². The van der Waals surface area contributed by atoms with E-state index in [0.29, 0.717) is 0 Å². The lowest BCUT2D eigenvalue weighted by molar-refractivity contribution is 0.0956. The van der Waals surface area contributed by atoms with Crippen LogP contribution in [0.1, 0.15) is 30.6 Å². The molecule has 0 bridgehead atoms. The number of hydrogen-bond donors (Lipinski definition) is 1. The fraction of sp³-hybridized carbons (Fsp3) is 0.190. The van der Waals surface area contributed by atoms with Crippen molar-refractivity contribution in [3.05, 3.63) is 72.3 Å². The van der Waals surface area contributed by atoms with Crippen molar-refractivity contribution >= 4 is 28.1 Å². The van der Waals surface area contributed by atoms with Crippen molar-refractivity contribution < 1.29 is 4.79 Å². The number of amides is 1. The lowest BCUT2D eigenvalue weighted by Gasteiger charge is -2.46. The lowest BCUT2D eigenvalue weighted by Crippen LogP contribution is -2.58. The van der Waals surface area contributed by atoms with Crippen molar-refractivity contribution in [1.82, 2.24) is 0 Å². The summed E-state index contributed by atoms with van der Waals surface area (Å²) < 4.78 is 0. The van der Waals surface area contributed by atoms with Crippen LogP contribution in [-0.4, -0.2) is 11.6 Å². The Morgan fingerprint density at radius 2 is 1.58 bits per heavy atom. The van der Waals surface area contributed by atoms with Gasteiger partial charge in [-0.1, -0.05) is 49.4 Å². The summed E-state index contributed by atoms with van der Waals surface area (Å²) in [6.07, 6.45) is 0.805. The molecule has 4 rings (SSSR count). The van der Waals surface area contributed by atoms with Gasteiger partial charge in [0.15, 0.2) is 0 Å². The van der Waals surface area contributed by atoms with Gasteiger partial charge in [0.25, 0.3) is 5.91 Å². The number of benzene rings is 3. The van der Waals surface area contributed by atoms with E-state index in [0.717, 1.165) is 34.1 Å². The van der Waals surface area contributed by atoms with Crippen LogP contribution in [0.2, 0.25) is 0 Å². The molecule has 1 N–H and O–H groups in total. The predicted octanol–water partition coefficient (Wildman–Crippen LogP) is 5.04. The van der Waals surface area contributed by atoms with Crippen LogP contribution < -0.4 is 10.2 Å². The molecule has 3 heteroatoms. The summed E-state index contributed by atoms with van der Waals surface area (Å²) in [5.74, 6) is 0.0463. The minimum atomic E-state index is -0.451. The van der Waals surface area contributed by atoms with E-state index in [-0.39, 0.29) is 5.91 Å². The number of nitrogens with one attached hydrogen (secondary N) is 1. The lowest BCUT2D eigenvalue weighted by atomic mass is 9.95. The van der Waals surface area contributed by atoms with Gasteiger partial charge in [0.05, 0.1) is 5.56 Å². The third kappa shape index (κ3) is 2.16. The molecule has 120 valence electrons. The zero-order valence-corrected chi connectivity index (χ0v) is 13.9. The number of fused-ring (bicyclic) bond motifs is 2. The minimum absolute atomic E-state index is 0.0463. The molecule has 24 heavy (non-hydrogen) atoms. The van der Waals surface area contributed by atoms with Gasteiger partial charge >= 0.3 is 0 Å². The Balaban J connectivity index is 1.92. The van der Waals surface area contributed by atoms with Crippen molar-refractivity contribution in [3.8, 4) is 0 Å². The van der Waals surface area contributed by atoms with Crippen molar-refractivity contribution in [1.29, 1.82) is 0 Å². The molecule has 1 unspecified atom stereocenters. The SMILES string of the molecule is CCC1(C)Nc2cc3ccccc3cc2C(=O)N1c1ccccc1. The number of anilines is 2. The maximum Gasteiger partial charge on any atom is 0.262 e. The van der Waals surface area contributed by atoms with Crippen LogP contribution in [-0.2, 0) is 0 Å². The third-order valence-electron chi connectivity index (χ3n) is 4.92. The molecule has 1 aliphatic rings. The van der Waals surface area contributed by atoms with Crippen LogP contribution in [0.4, 0.5) is 11.4 Å². The molecule has 0 radical (unpaired) electrons. The summed E-state index contributed by atoms with van der Waals surface area (Å²) in [6.45, 7) is 4.18. The molecule has 1 amide bonds. The summed E-state index contributed by atoms with van der Waals surface area (Å²) in [4.78, 5) is 15.2. The maximum atomic E-state index is 13.3. The molecular weight excluding hydrogens is 296 g/mol. The second-order valence-electron chi connectivity index (χ2n) is 6.47. The maximum absolute atomic E-state index is 13.3. The molecule has 0 saturated carbocycles. The summed E-state index contributed by atoms with van der Waals surface area (Å²) in [7, 11) is 0. The summed E-state index contributed by atoms with van der Waals surface area (Å²) in [5, 5.41) is 5.82. The molecule has 0 fully saturated rings. The van der Waals surface area contributed by atoms with Gasteiger partial charge in [0, 0.05) is 11.4 Å². The average Bonchev–Trinajstić information content (AvgIpc) is 2.61. The van der Waals surface area contributed by atoms with Gasteiger partial charge in [-0.25, -0.2) is 0 Å². The zero-order valence-electron chi connectivity index (χ0n) is 13.9. The second kappa shape index (κ2) is 5.38. The smallest absolute Gasteiger partial charge is 0.262 e. The van der Waals surface area contributed by atoms with Crippen molar-refractivity contribution in [2.24, 2.45) is 0 Å².